The Balaban J connectivity index is 1.57. The number of likely N-dealkylation sites (tertiary alicyclic amines) is 2. The zero-order valence-electron chi connectivity index (χ0n) is 30.4. The first kappa shape index (κ1) is 37.6. The summed E-state index contributed by atoms with van der Waals surface area (Å²) >= 11 is 0. The van der Waals surface area contributed by atoms with Gasteiger partial charge in [0.05, 0.1) is 5.41 Å². The van der Waals surface area contributed by atoms with Crippen molar-refractivity contribution in [2.75, 3.05) is 27.2 Å². The van der Waals surface area contributed by atoms with Gasteiger partial charge in [0.25, 0.3) is 11.8 Å². The molecule has 4 N–H and O–H groups in total. The molecule has 14 heteroatoms. The number of amides is 6. The van der Waals surface area contributed by atoms with Gasteiger partial charge in [-0.2, -0.15) is 0 Å². The van der Waals surface area contributed by atoms with Crippen LogP contribution >= 0.6 is 0 Å². The topological polar surface area (TPSA) is 180 Å². The number of piperidine rings is 2. The monoisotopic (exact) mass is 676 g/mol. The van der Waals surface area contributed by atoms with Crippen molar-refractivity contribution in [3.8, 4) is 0 Å². The number of nitrogens with one attached hydrogen (secondary N) is 2. The molecule has 0 aromatic rings. The van der Waals surface area contributed by atoms with Crippen LogP contribution in [0.3, 0.4) is 0 Å². The van der Waals surface area contributed by atoms with E-state index in [0.717, 1.165) is 9.80 Å². The molecule has 0 atom stereocenters. The number of carbonyl (C=O) groups is 6. The molecular formula is C34H56N6O8. The van der Waals surface area contributed by atoms with Crippen molar-refractivity contribution in [2.45, 2.75) is 146 Å². The first-order valence-electron chi connectivity index (χ1n) is 17.0. The van der Waals surface area contributed by atoms with Gasteiger partial charge in [-0.25, -0.2) is 9.59 Å². The molecule has 0 saturated carbocycles. The molecule has 4 rings (SSSR count). The Labute approximate surface area is 283 Å². The second-order valence-electron chi connectivity index (χ2n) is 17.3. The van der Waals surface area contributed by atoms with Gasteiger partial charge in [0.2, 0.25) is 0 Å². The molecule has 14 nitrogen and oxygen atoms in total. The summed E-state index contributed by atoms with van der Waals surface area (Å²) in [5.41, 5.74) is -5.56. The normalized spacial score (nSPS) is 25.9. The van der Waals surface area contributed by atoms with Gasteiger partial charge < -0.3 is 20.8 Å². The lowest BCUT2D eigenvalue weighted by Gasteiger charge is -2.56. The third-order valence-electron chi connectivity index (χ3n) is 12.2. The molecule has 270 valence electrons. The molecule has 0 bridgehead atoms. The molecule has 0 aromatic carbocycles. The van der Waals surface area contributed by atoms with Crippen LogP contribution in [-0.4, -0.2) is 126 Å². The zero-order valence-corrected chi connectivity index (χ0v) is 30.4. The fourth-order valence-electron chi connectivity index (χ4n) is 9.36. The molecule has 4 aliphatic heterocycles. The third-order valence-corrected chi connectivity index (χ3v) is 12.2. The van der Waals surface area contributed by atoms with Crippen LogP contribution in [-0.2, 0) is 19.2 Å². The molecule has 0 unspecified atom stereocenters. The Hall–Kier alpha value is -3.26. The molecule has 0 aliphatic carbocycles. The van der Waals surface area contributed by atoms with Crippen molar-refractivity contribution < 1.29 is 39.0 Å². The highest BCUT2D eigenvalue weighted by atomic mass is 16.4. The van der Waals surface area contributed by atoms with E-state index in [2.05, 4.69) is 20.4 Å². The van der Waals surface area contributed by atoms with Gasteiger partial charge >= 0.3 is 24.0 Å². The number of imide groups is 2. The molecule has 48 heavy (non-hydrogen) atoms. The lowest BCUT2D eigenvalue weighted by molar-refractivity contribution is -0.153. The van der Waals surface area contributed by atoms with Gasteiger partial charge in [-0.3, -0.25) is 38.8 Å². The maximum absolute atomic E-state index is 14.0. The summed E-state index contributed by atoms with van der Waals surface area (Å²) in [6.45, 7) is 15.7. The summed E-state index contributed by atoms with van der Waals surface area (Å²) in [6.07, 6.45) is 0.854. The number of nitrogens with zero attached hydrogens (tertiary/aromatic N) is 4. The molecule has 4 fully saturated rings. The minimum Gasteiger partial charge on any atom is -0.481 e. The van der Waals surface area contributed by atoms with Crippen molar-refractivity contribution in [3.05, 3.63) is 0 Å². The van der Waals surface area contributed by atoms with Crippen LogP contribution < -0.4 is 10.6 Å². The van der Waals surface area contributed by atoms with E-state index in [-0.39, 0.29) is 45.2 Å². The van der Waals surface area contributed by atoms with Crippen molar-refractivity contribution in [1.29, 1.82) is 0 Å². The minimum atomic E-state index is -1.61. The lowest BCUT2D eigenvalue weighted by atomic mass is 9.69. The van der Waals surface area contributed by atoms with Crippen LogP contribution in [0.1, 0.15) is 113 Å². The number of carboxylic acids is 2. The molecule has 4 saturated heterocycles. The number of aliphatic carboxylic acids is 2. The van der Waals surface area contributed by atoms with Gasteiger partial charge in [-0.05, 0) is 121 Å². The van der Waals surface area contributed by atoms with E-state index in [4.69, 9.17) is 0 Å². The Morgan fingerprint density at radius 2 is 0.979 bits per heavy atom. The molecule has 0 radical (unpaired) electrons. The summed E-state index contributed by atoms with van der Waals surface area (Å²) in [7, 11) is 3.98. The van der Waals surface area contributed by atoms with Crippen molar-refractivity contribution in [1.82, 2.24) is 30.2 Å². The van der Waals surface area contributed by atoms with Gasteiger partial charge in [0.1, 0.15) is 11.1 Å². The smallest absolute Gasteiger partial charge is 0.325 e. The van der Waals surface area contributed by atoms with Crippen LogP contribution in [0.25, 0.3) is 0 Å². The Kier molecular flexibility index (Phi) is 9.36. The fourth-order valence-corrected chi connectivity index (χ4v) is 9.36. The second-order valence-corrected chi connectivity index (χ2v) is 17.3. The SMILES string of the molecule is CN1C(C)(C)CC2(CC1(C)C)NC(=O)N(CCC(CCCC(=O)O)(CCN1C(=O)NC3(CC(C)(C)N(C)C(C)(C)C3)C1=O)C(=O)O)C2=O. The third kappa shape index (κ3) is 6.41. The maximum Gasteiger partial charge on any atom is 0.325 e. The average Bonchev–Trinajstić information content (AvgIpc) is 3.27. The predicted molar refractivity (Wildman–Crippen MR) is 177 cm³/mol. The van der Waals surface area contributed by atoms with Gasteiger partial charge in [-0.1, -0.05) is 0 Å². The number of urea groups is 2. The Morgan fingerprint density at radius 3 is 1.27 bits per heavy atom. The molecule has 2 spiro atoms. The lowest BCUT2D eigenvalue weighted by Crippen LogP contribution is -2.68. The summed E-state index contributed by atoms with van der Waals surface area (Å²) < 4.78 is 0. The highest BCUT2D eigenvalue weighted by molar-refractivity contribution is 6.08. The molecule has 0 aromatic heterocycles. The highest BCUT2D eigenvalue weighted by Gasteiger charge is 2.62. The fraction of sp³-hybridized carbons (Fsp3) is 0.824. The Morgan fingerprint density at radius 1 is 0.646 bits per heavy atom. The van der Waals surface area contributed by atoms with Gasteiger partial charge in [0, 0.05) is 41.7 Å². The number of carboxylic acid groups (broad SMARTS) is 2. The number of hydrogen-bond acceptors (Lipinski definition) is 8. The van der Waals surface area contributed by atoms with Crippen LogP contribution in [0.5, 0.6) is 0 Å². The summed E-state index contributed by atoms with van der Waals surface area (Å²) in [4.78, 5) is 85.7. The largest absolute Gasteiger partial charge is 0.481 e. The summed E-state index contributed by atoms with van der Waals surface area (Å²) in [6, 6.07) is -1.19. The summed E-state index contributed by atoms with van der Waals surface area (Å²) in [5, 5.41) is 25.8. The summed E-state index contributed by atoms with van der Waals surface area (Å²) in [5.74, 6) is -3.13. The van der Waals surface area contributed by atoms with E-state index in [1.807, 2.05) is 69.5 Å². The first-order valence-corrected chi connectivity index (χ1v) is 17.0. The molecule has 4 aliphatic rings. The van der Waals surface area contributed by atoms with E-state index < -0.39 is 74.5 Å². The second kappa shape index (κ2) is 12.0. The molecular weight excluding hydrogens is 620 g/mol. The molecule has 4 heterocycles. The minimum absolute atomic E-state index is 0.0270. The number of carbonyl (C=O) groups excluding carboxylic acids is 4. The van der Waals surface area contributed by atoms with E-state index >= 15 is 0 Å². The van der Waals surface area contributed by atoms with E-state index in [1.165, 1.54) is 0 Å². The van der Waals surface area contributed by atoms with Crippen LogP contribution in [0, 0.1) is 5.41 Å². The van der Waals surface area contributed by atoms with Crippen LogP contribution in [0.4, 0.5) is 9.59 Å². The van der Waals surface area contributed by atoms with Crippen molar-refractivity contribution >= 4 is 35.8 Å². The van der Waals surface area contributed by atoms with Gasteiger partial charge in [0.15, 0.2) is 0 Å². The van der Waals surface area contributed by atoms with Crippen molar-refractivity contribution in [3.63, 3.8) is 0 Å². The van der Waals surface area contributed by atoms with Crippen molar-refractivity contribution in [2.24, 2.45) is 5.41 Å². The quantitative estimate of drug-likeness (QED) is 0.237. The molecule has 6 amide bonds. The number of hydrogen-bond donors (Lipinski definition) is 4. The zero-order chi connectivity index (χ0) is 36.5. The maximum atomic E-state index is 14.0. The Bertz CT molecular complexity index is 1270. The standard InChI is InChI=1S/C34H56N6O8/c1-28(2)18-33(19-29(3,4)37(28)9)23(43)39(26(47)35-33)16-14-32(25(45)46,13-11-12-22(41)42)15-17-40-24(44)34(36-27(40)48)20-30(5,6)38(10)31(7,8)21-34/h11-21H2,1-10H3,(H,35,47)(H,36,48)(H,41,42)(H,45,46). The van der Waals surface area contributed by atoms with Crippen LogP contribution in [0.15, 0.2) is 0 Å². The van der Waals surface area contributed by atoms with E-state index in [9.17, 15) is 39.0 Å². The van der Waals surface area contributed by atoms with Gasteiger partial charge in [-0.15, -0.1) is 0 Å². The average molecular weight is 677 g/mol. The van der Waals surface area contributed by atoms with E-state index in [0.29, 0.717) is 25.7 Å². The van der Waals surface area contributed by atoms with E-state index in [1.54, 1.807) is 0 Å². The number of rotatable bonds is 11. The predicted octanol–water partition coefficient (Wildman–Crippen LogP) is 3.24. The van der Waals surface area contributed by atoms with Crippen LogP contribution in [0.2, 0.25) is 0 Å². The highest BCUT2D eigenvalue weighted by Crippen LogP contribution is 2.47. The first-order chi connectivity index (χ1) is 21.8.